The number of ether oxygens (including phenoxy) is 1. The Labute approximate surface area is 206 Å². The van der Waals surface area contributed by atoms with E-state index in [9.17, 15) is 9.59 Å². The summed E-state index contributed by atoms with van der Waals surface area (Å²) >= 11 is 1.52. The van der Waals surface area contributed by atoms with E-state index < -0.39 is 0 Å². The highest BCUT2D eigenvalue weighted by atomic mass is 32.1. The topological polar surface area (TPSA) is 98.7 Å². The van der Waals surface area contributed by atoms with E-state index in [-0.39, 0.29) is 24.7 Å². The largest absolute Gasteiger partial charge is 0.484 e. The summed E-state index contributed by atoms with van der Waals surface area (Å²) in [6, 6.07) is 9.29. The molecule has 1 aliphatic carbocycles. The highest BCUT2D eigenvalue weighted by molar-refractivity contribution is 7.13. The maximum Gasteiger partial charge on any atom is 0.339 e. The predicted molar refractivity (Wildman–Crippen MR) is 133 cm³/mol. The van der Waals surface area contributed by atoms with Crippen LogP contribution in [-0.4, -0.2) is 34.2 Å². The fraction of sp³-hybridized carbons (Fsp3) is 0.385. The van der Waals surface area contributed by atoms with E-state index in [0.29, 0.717) is 29.7 Å². The number of aryl methyl sites for hydroxylation is 1. The van der Waals surface area contributed by atoms with Gasteiger partial charge in [-0.1, -0.05) is 19.4 Å². The zero-order chi connectivity index (χ0) is 24.2. The summed E-state index contributed by atoms with van der Waals surface area (Å²) in [7, 11) is 0. The average molecular weight is 494 g/mol. The molecule has 182 valence electrons. The Morgan fingerprint density at radius 2 is 1.97 bits per heavy atom. The van der Waals surface area contributed by atoms with Crippen LogP contribution in [0.4, 0.5) is 0 Å². The van der Waals surface area contributed by atoms with Crippen molar-refractivity contribution in [3.05, 3.63) is 63.1 Å². The monoisotopic (exact) mass is 493 g/mol. The lowest BCUT2D eigenvalue weighted by Gasteiger charge is -2.20. The molecule has 9 heteroatoms. The van der Waals surface area contributed by atoms with Gasteiger partial charge in [-0.2, -0.15) is 0 Å². The minimum absolute atomic E-state index is 0.146. The molecule has 8 nitrogen and oxygen atoms in total. The van der Waals surface area contributed by atoms with E-state index in [2.05, 4.69) is 10.2 Å². The molecule has 35 heavy (non-hydrogen) atoms. The molecule has 0 saturated heterocycles. The van der Waals surface area contributed by atoms with Crippen LogP contribution in [0.5, 0.6) is 5.75 Å². The standard InChI is InChI=1S/C26H27N3O5S/c1-2-12-29(15-23-27-28-25(34-23)22-9-6-13-35-22)24(30)16-32-17-10-11-19-18-7-4-3-5-8-20(18)26(31)33-21(19)14-17/h6,9-11,13-14H,2-5,7-8,12,15-16H2,1H3. The van der Waals surface area contributed by atoms with Gasteiger partial charge in [0.1, 0.15) is 11.3 Å². The summed E-state index contributed by atoms with van der Waals surface area (Å²) in [6.45, 7) is 2.61. The Hall–Kier alpha value is -3.46. The molecule has 0 N–H and O–H groups in total. The molecule has 0 atom stereocenters. The molecular weight excluding hydrogens is 466 g/mol. The molecule has 1 amide bonds. The van der Waals surface area contributed by atoms with E-state index >= 15 is 0 Å². The van der Waals surface area contributed by atoms with Gasteiger partial charge in [-0.25, -0.2) is 4.79 Å². The summed E-state index contributed by atoms with van der Waals surface area (Å²) in [5.41, 5.74) is 2.13. The molecule has 0 bridgehead atoms. The van der Waals surface area contributed by atoms with Crippen molar-refractivity contribution in [3.8, 4) is 16.5 Å². The number of carbonyl (C=O) groups is 1. The van der Waals surface area contributed by atoms with Gasteiger partial charge in [0.25, 0.3) is 11.8 Å². The van der Waals surface area contributed by atoms with Gasteiger partial charge in [0.05, 0.1) is 11.4 Å². The Morgan fingerprint density at radius 1 is 1.11 bits per heavy atom. The van der Waals surface area contributed by atoms with Crippen LogP contribution in [-0.2, 0) is 24.2 Å². The lowest BCUT2D eigenvalue weighted by molar-refractivity contribution is -0.134. The van der Waals surface area contributed by atoms with Crippen molar-refractivity contribution in [1.82, 2.24) is 15.1 Å². The third-order valence-corrected chi connectivity index (χ3v) is 7.04. The van der Waals surface area contributed by atoms with Gasteiger partial charge in [0.2, 0.25) is 5.89 Å². The van der Waals surface area contributed by atoms with Crippen LogP contribution in [0, 0.1) is 0 Å². The number of hydrogen-bond donors (Lipinski definition) is 0. The van der Waals surface area contributed by atoms with Gasteiger partial charge in [-0.15, -0.1) is 21.5 Å². The van der Waals surface area contributed by atoms with E-state index in [1.54, 1.807) is 11.0 Å². The number of fused-ring (bicyclic) bond motifs is 3. The Balaban J connectivity index is 1.28. The first-order valence-electron chi connectivity index (χ1n) is 12.0. The maximum atomic E-state index is 12.9. The van der Waals surface area contributed by atoms with Gasteiger partial charge in [-0.3, -0.25) is 4.79 Å². The van der Waals surface area contributed by atoms with Gasteiger partial charge in [0, 0.05) is 23.6 Å². The molecule has 3 aromatic heterocycles. The molecule has 1 aliphatic rings. The third-order valence-electron chi connectivity index (χ3n) is 6.18. The second-order valence-electron chi connectivity index (χ2n) is 8.65. The fourth-order valence-electron chi connectivity index (χ4n) is 4.47. The predicted octanol–water partition coefficient (Wildman–Crippen LogP) is 4.99. The quantitative estimate of drug-likeness (QED) is 0.252. The molecule has 0 spiro atoms. The lowest BCUT2D eigenvalue weighted by Crippen LogP contribution is -2.35. The smallest absolute Gasteiger partial charge is 0.339 e. The highest BCUT2D eigenvalue weighted by Gasteiger charge is 2.20. The van der Waals surface area contributed by atoms with Crippen LogP contribution < -0.4 is 10.4 Å². The minimum atomic E-state index is -0.266. The van der Waals surface area contributed by atoms with Crippen LogP contribution in [0.1, 0.15) is 49.6 Å². The molecule has 0 saturated carbocycles. The molecule has 0 radical (unpaired) electrons. The Bertz CT molecular complexity index is 1380. The van der Waals surface area contributed by atoms with Gasteiger partial charge in [0.15, 0.2) is 6.61 Å². The Morgan fingerprint density at radius 3 is 2.77 bits per heavy atom. The van der Waals surface area contributed by atoms with Crippen molar-refractivity contribution in [2.45, 2.75) is 52.0 Å². The number of rotatable bonds is 8. The van der Waals surface area contributed by atoms with Crippen LogP contribution in [0.2, 0.25) is 0 Å². The van der Waals surface area contributed by atoms with Crippen LogP contribution in [0.3, 0.4) is 0 Å². The minimum Gasteiger partial charge on any atom is -0.484 e. The van der Waals surface area contributed by atoms with E-state index in [4.69, 9.17) is 13.6 Å². The summed E-state index contributed by atoms with van der Waals surface area (Å²) in [5, 5.41) is 11.1. The number of benzene rings is 1. The summed E-state index contributed by atoms with van der Waals surface area (Å²) in [4.78, 5) is 28.0. The van der Waals surface area contributed by atoms with Crippen molar-refractivity contribution in [1.29, 1.82) is 0 Å². The number of hydrogen-bond acceptors (Lipinski definition) is 8. The van der Waals surface area contributed by atoms with E-state index in [1.165, 1.54) is 11.3 Å². The lowest BCUT2D eigenvalue weighted by atomic mass is 10.0. The van der Waals surface area contributed by atoms with Crippen LogP contribution in [0.15, 0.2) is 49.3 Å². The Kier molecular flexibility index (Phi) is 6.94. The molecule has 0 unspecified atom stereocenters. The van der Waals surface area contributed by atoms with Gasteiger partial charge in [-0.05, 0) is 61.2 Å². The van der Waals surface area contributed by atoms with Crippen LogP contribution in [0.25, 0.3) is 21.7 Å². The molecule has 1 aromatic carbocycles. The normalized spacial score (nSPS) is 13.4. The van der Waals surface area contributed by atoms with Crippen molar-refractivity contribution >= 4 is 28.2 Å². The third kappa shape index (κ3) is 5.14. The zero-order valence-corrected chi connectivity index (χ0v) is 20.4. The second kappa shape index (κ2) is 10.4. The first-order chi connectivity index (χ1) is 17.1. The van der Waals surface area contributed by atoms with Crippen molar-refractivity contribution in [2.24, 2.45) is 0 Å². The molecular formula is C26H27N3O5S. The highest BCUT2D eigenvalue weighted by Crippen LogP contribution is 2.29. The average Bonchev–Trinajstić information content (AvgIpc) is 3.49. The number of amides is 1. The van der Waals surface area contributed by atoms with Crippen LogP contribution >= 0.6 is 11.3 Å². The molecule has 5 rings (SSSR count). The molecule has 0 fully saturated rings. The molecule has 4 aromatic rings. The fourth-order valence-corrected chi connectivity index (χ4v) is 5.12. The number of aromatic nitrogens is 2. The number of carbonyl (C=O) groups excluding carboxylic acids is 1. The molecule has 3 heterocycles. The van der Waals surface area contributed by atoms with Gasteiger partial charge >= 0.3 is 5.63 Å². The van der Waals surface area contributed by atoms with Crippen molar-refractivity contribution < 1.29 is 18.4 Å². The van der Waals surface area contributed by atoms with Crippen molar-refractivity contribution in [3.63, 3.8) is 0 Å². The van der Waals surface area contributed by atoms with Crippen molar-refractivity contribution in [2.75, 3.05) is 13.2 Å². The first kappa shape index (κ1) is 23.3. The van der Waals surface area contributed by atoms with E-state index in [1.807, 2.05) is 36.6 Å². The number of nitrogens with zero attached hydrogens (tertiary/aromatic N) is 3. The summed E-state index contributed by atoms with van der Waals surface area (Å²) < 4.78 is 17.1. The summed E-state index contributed by atoms with van der Waals surface area (Å²) in [6.07, 6.45) is 5.63. The number of thiophene rings is 1. The SMILES string of the molecule is CCCN(Cc1nnc(-c2cccs2)o1)C(=O)COc1ccc2c3c(c(=O)oc2c1)CCCCC3. The van der Waals surface area contributed by atoms with Gasteiger partial charge < -0.3 is 18.5 Å². The zero-order valence-electron chi connectivity index (χ0n) is 19.6. The maximum absolute atomic E-state index is 12.9. The van der Waals surface area contributed by atoms with E-state index in [0.717, 1.165) is 59.9 Å². The second-order valence-corrected chi connectivity index (χ2v) is 9.60. The summed E-state index contributed by atoms with van der Waals surface area (Å²) in [5.74, 6) is 1.12. The molecule has 0 aliphatic heterocycles. The first-order valence-corrected chi connectivity index (χ1v) is 12.9.